The number of aromatic nitrogens is 2. The zero-order valence-corrected chi connectivity index (χ0v) is 14.5. The zero-order valence-electron chi connectivity index (χ0n) is 14.5. The normalized spacial score (nSPS) is 14.4. The largest absolute Gasteiger partial charge is 0.384 e. The summed E-state index contributed by atoms with van der Waals surface area (Å²) in [5.41, 5.74) is 5.74. The minimum Gasteiger partial charge on any atom is -0.384 e. The molecule has 130 valence electrons. The van der Waals surface area contributed by atoms with Crippen LogP contribution >= 0.6 is 0 Å². The van der Waals surface area contributed by atoms with Gasteiger partial charge in [-0.15, -0.1) is 0 Å². The first-order valence-electron chi connectivity index (χ1n) is 7.95. The van der Waals surface area contributed by atoms with Crippen LogP contribution in [0.3, 0.4) is 0 Å². The fourth-order valence-corrected chi connectivity index (χ4v) is 1.59. The molecule has 0 radical (unpaired) electrons. The van der Waals surface area contributed by atoms with Crippen LogP contribution in [-0.2, 0) is 4.74 Å². The number of hydrogen-bond donors (Lipinski definition) is 2. The monoisotopic (exact) mass is 322 g/mol. The van der Waals surface area contributed by atoms with Crippen LogP contribution in [-0.4, -0.2) is 52.8 Å². The van der Waals surface area contributed by atoms with Gasteiger partial charge in [-0.3, -0.25) is 10.4 Å². The van der Waals surface area contributed by atoms with Gasteiger partial charge in [0, 0.05) is 26.9 Å². The van der Waals surface area contributed by atoms with Crippen LogP contribution < -0.4 is 5.73 Å². The first kappa shape index (κ1) is 20.7. The van der Waals surface area contributed by atoms with E-state index in [-0.39, 0.29) is 1.43 Å². The summed E-state index contributed by atoms with van der Waals surface area (Å²) in [5, 5.41) is 7.90. The van der Waals surface area contributed by atoms with Crippen molar-refractivity contribution >= 4 is 17.5 Å². The van der Waals surface area contributed by atoms with Crippen LogP contribution in [0, 0.1) is 5.41 Å². The van der Waals surface area contributed by atoms with Crippen LogP contribution in [0.25, 0.3) is 0 Å². The van der Waals surface area contributed by atoms with Crippen molar-refractivity contribution in [1.29, 1.82) is 5.41 Å². The van der Waals surface area contributed by atoms with E-state index in [4.69, 9.17) is 15.9 Å². The Labute approximate surface area is 140 Å². The average molecular weight is 322 g/mol. The summed E-state index contributed by atoms with van der Waals surface area (Å²) in [4.78, 5) is 13.9. The molecular formula is C16H30N6O. The summed E-state index contributed by atoms with van der Waals surface area (Å²) in [5.74, 6) is 1.14. The van der Waals surface area contributed by atoms with Gasteiger partial charge in [0.05, 0.1) is 19.4 Å². The van der Waals surface area contributed by atoms with Gasteiger partial charge in [-0.05, 0) is 12.2 Å². The smallest absolute Gasteiger partial charge is 0.172 e. The van der Waals surface area contributed by atoms with E-state index in [9.17, 15) is 0 Å². The highest BCUT2D eigenvalue weighted by Gasteiger charge is 2.11. The van der Waals surface area contributed by atoms with Crippen molar-refractivity contribution in [3.05, 3.63) is 30.7 Å². The summed E-state index contributed by atoms with van der Waals surface area (Å²) in [6.45, 7) is 10.8. The summed E-state index contributed by atoms with van der Waals surface area (Å²) in [6.07, 6.45) is 7.85. The molecule has 0 saturated carbocycles. The lowest BCUT2D eigenvalue weighted by atomic mass is 10.3. The van der Waals surface area contributed by atoms with Crippen LogP contribution in [0.1, 0.15) is 29.1 Å². The first-order valence-corrected chi connectivity index (χ1v) is 7.95. The van der Waals surface area contributed by atoms with Crippen LogP contribution in [0.2, 0.25) is 0 Å². The summed E-state index contributed by atoms with van der Waals surface area (Å²) < 4.78 is 5.23. The molecule has 1 fully saturated rings. The van der Waals surface area contributed by atoms with Crippen molar-refractivity contribution in [2.45, 2.75) is 27.7 Å². The van der Waals surface area contributed by atoms with E-state index in [0.717, 1.165) is 13.1 Å². The molecule has 3 N–H and O–H groups in total. The minimum atomic E-state index is 0. The SMILES string of the molecule is CC.CC.N=C(/C=C\C(N)=Nc1cnccn1)N1CCOCC1.[HH]. The van der Waals surface area contributed by atoms with Gasteiger partial charge in [0.1, 0.15) is 11.7 Å². The van der Waals surface area contributed by atoms with Gasteiger partial charge in [0.25, 0.3) is 0 Å². The van der Waals surface area contributed by atoms with E-state index in [0.29, 0.717) is 30.7 Å². The van der Waals surface area contributed by atoms with E-state index < -0.39 is 0 Å². The Kier molecular flexibility index (Phi) is 12.1. The average Bonchev–Trinajstić information content (AvgIpc) is 2.64. The second-order valence-electron chi connectivity index (χ2n) is 3.92. The fourth-order valence-electron chi connectivity index (χ4n) is 1.59. The Morgan fingerprint density at radius 1 is 1.26 bits per heavy atom. The number of hydrogen-bond acceptors (Lipinski definition) is 5. The molecule has 1 aromatic heterocycles. The Balaban J connectivity index is 0. The Morgan fingerprint density at radius 2 is 1.91 bits per heavy atom. The molecule has 0 aliphatic carbocycles. The Hall–Kier alpha value is -2.28. The molecule has 0 bridgehead atoms. The van der Waals surface area contributed by atoms with Gasteiger partial charge in [0.2, 0.25) is 0 Å². The molecule has 1 aliphatic rings. The van der Waals surface area contributed by atoms with Gasteiger partial charge >= 0.3 is 0 Å². The molecule has 1 aliphatic heterocycles. The lowest BCUT2D eigenvalue weighted by Gasteiger charge is -2.27. The summed E-state index contributed by atoms with van der Waals surface area (Å²) >= 11 is 0. The number of amidine groups is 2. The third-order valence-electron chi connectivity index (χ3n) is 2.56. The maximum atomic E-state index is 7.90. The molecule has 23 heavy (non-hydrogen) atoms. The molecule has 0 amide bonds. The summed E-state index contributed by atoms with van der Waals surface area (Å²) in [6, 6.07) is 0. The molecule has 2 rings (SSSR count). The molecule has 0 unspecified atom stereocenters. The minimum absolute atomic E-state index is 0. The molecule has 0 spiro atoms. The number of rotatable bonds is 3. The molecule has 1 aromatic rings. The fraction of sp³-hybridized carbons (Fsp3) is 0.500. The van der Waals surface area contributed by atoms with Crippen LogP contribution in [0.5, 0.6) is 0 Å². The number of nitrogens with two attached hydrogens (primary N) is 1. The van der Waals surface area contributed by atoms with Crippen molar-refractivity contribution in [3.8, 4) is 0 Å². The van der Waals surface area contributed by atoms with E-state index in [2.05, 4.69) is 15.0 Å². The van der Waals surface area contributed by atoms with Crippen molar-refractivity contribution < 1.29 is 6.16 Å². The van der Waals surface area contributed by atoms with E-state index >= 15 is 0 Å². The van der Waals surface area contributed by atoms with Gasteiger partial charge < -0.3 is 15.4 Å². The molecule has 1 saturated heterocycles. The lowest BCUT2D eigenvalue weighted by Crippen LogP contribution is -2.39. The Bertz CT molecular complexity index is 487. The lowest BCUT2D eigenvalue weighted by molar-refractivity contribution is 0.0681. The van der Waals surface area contributed by atoms with Gasteiger partial charge in [-0.25, -0.2) is 9.98 Å². The first-order chi connectivity index (χ1) is 11.3. The number of nitrogens with one attached hydrogen (secondary N) is 1. The van der Waals surface area contributed by atoms with Crippen molar-refractivity contribution in [1.82, 2.24) is 14.9 Å². The predicted octanol–water partition coefficient (Wildman–Crippen LogP) is 2.63. The van der Waals surface area contributed by atoms with Crippen LogP contribution in [0.15, 0.2) is 35.7 Å². The van der Waals surface area contributed by atoms with Crippen molar-refractivity contribution in [2.24, 2.45) is 10.7 Å². The van der Waals surface area contributed by atoms with Gasteiger partial charge in [-0.1, -0.05) is 27.7 Å². The highest BCUT2D eigenvalue weighted by atomic mass is 16.5. The molecule has 0 aromatic carbocycles. The van der Waals surface area contributed by atoms with Crippen molar-refractivity contribution in [2.75, 3.05) is 26.3 Å². The number of ether oxygens (including phenoxy) is 1. The second kappa shape index (κ2) is 13.4. The topological polar surface area (TPSA) is 100 Å². The molecule has 7 heteroatoms. The van der Waals surface area contributed by atoms with Crippen molar-refractivity contribution in [3.63, 3.8) is 0 Å². The quantitative estimate of drug-likeness (QED) is 0.658. The number of aliphatic imine (C=N–C) groups is 1. The van der Waals surface area contributed by atoms with E-state index in [1.807, 2.05) is 32.6 Å². The standard InChI is InChI=1S/C12H16N6O.2C2H6.H2/c13-10(17-12-9-15-3-4-16-12)1-2-11(14)18-5-7-19-8-6-18;2*1-2;/h1-4,9,14H,5-8H2,(H2,13,16,17);2*1-2H3;1H/b2-1-,14-11?;;;. The number of nitrogens with zero attached hydrogens (tertiary/aromatic N) is 4. The Morgan fingerprint density at radius 3 is 2.48 bits per heavy atom. The third-order valence-corrected chi connectivity index (χ3v) is 2.56. The van der Waals surface area contributed by atoms with Crippen LogP contribution in [0.4, 0.5) is 5.82 Å². The van der Waals surface area contributed by atoms with Gasteiger partial charge in [-0.2, -0.15) is 0 Å². The van der Waals surface area contributed by atoms with E-state index in [1.54, 1.807) is 24.5 Å². The maximum Gasteiger partial charge on any atom is 0.172 e. The predicted molar refractivity (Wildman–Crippen MR) is 97.4 cm³/mol. The molecule has 0 atom stereocenters. The van der Waals surface area contributed by atoms with Gasteiger partial charge in [0.15, 0.2) is 5.82 Å². The number of morpholine rings is 1. The molecule has 7 nitrogen and oxygen atoms in total. The second-order valence-corrected chi connectivity index (χ2v) is 3.92. The molecule has 2 heterocycles. The highest BCUT2D eigenvalue weighted by molar-refractivity contribution is 6.00. The molecular weight excluding hydrogens is 292 g/mol. The zero-order chi connectivity index (χ0) is 17.5. The third kappa shape index (κ3) is 8.67. The maximum absolute atomic E-state index is 7.90. The van der Waals surface area contributed by atoms with E-state index in [1.165, 1.54) is 6.20 Å². The highest BCUT2D eigenvalue weighted by Crippen LogP contribution is 2.03. The summed E-state index contributed by atoms with van der Waals surface area (Å²) in [7, 11) is 0.